The van der Waals surface area contributed by atoms with Crippen LogP contribution in [0.25, 0.3) is 145 Å². The van der Waals surface area contributed by atoms with E-state index in [4.69, 9.17) is 0 Å². The number of hydrogen-bond acceptors (Lipinski definition) is 0. The third-order valence-electron chi connectivity index (χ3n) is 21.6. The van der Waals surface area contributed by atoms with E-state index in [1.54, 1.807) is 22.3 Å². The van der Waals surface area contributed by atoms with Crippen molar-refractivity contribution in [1.29, 1.82) is 0 Å². The van der Waals surface area contributed by atoms with Gasteiger partial charge in [-0.2, -0.15) is 0 Å². The second kappa shape index (κ2) is 20.0. The van der Waals surface area contributed by atoms with Crippen molar-refractivity contribution in [2.75, 3.05) is 0 Å². The fraction of sp³-hybridized carbons (Fsp3) is 0.114. The summed E-state index contributed by atoms with van der Waals surface area (Å²) in [7, 11) is 0. The smallest absolute Gasteiger partial charge is 0.0541 e. The molecule has 426 valence electrons. The predicted octanol–water partition coefficient (Wildman–Crippen LogP) is 23.5. The number of hydrogen-bond donors (Lipinski definition) is 0. The van der Waals surface area contributed by atoms with Crippen LogP contribution in [-0.4, -0.2) is 9.13 Å². The van der Waals surface area contributed by atoms with Crippen molar-refractivity contribution in [1.82, 2.24) is 9.13 Å². The Bertz CT molecular complexity index is 5180. The van der Waals surface area contributed by atoms with Crippen LogP contribution in [0, 0.1) is 0 Å². The van der Waals surface area contributed by atoms with Crippen LogP contribution in [0.1, 0.15) is 95.9 Å². The normalized spacial score (nSPS) is 15.3. The molecule has 90 heavy (non-hydrogen) atoms. The number of nitrogens with zero attached hydrogens (tertiary/aromatic N) is 2. The SMILES string of the molecule is C(=C\c1ccc2c(c1)C1(CCCC1)c1cc3c(cc1-2)C1(CCCC1)c1cc(/C=C/c2ccc(-c4ccc5c(c4)c4ccccc4n5-c4cccc5ccccc45)cc2)ccc1-3)/c1ccc(-c2ccc3c(c2)c2ccccc2n3-c2cccc3ccccc23)cc1. The largest absolute Gasteiger partial charge is 0.309 e. The number of fused-ring (bicyclic) bond motifs is 18. The highest BCUT2D eigenvalue weighted by Crippen LogP contribution is 2.63. The molecule has 4 aliphatic carbocycles. The van der Waals surface area contributed by atoms with E-state index >= 15 is 0 Å². The molecule has 2 heteroatoms. The molecule has 0 atom stereocenters. The Morgan fingerprint density at radius 3 is 1.03 bits per heavy atom. The lowest BCUT2D eigenvalue weighted by atomic mass is 9.74. The van der Waals surface area contributed by atoms with Crippen molar-refractivity contribution in [2.45, 2.75) is 62.2 Å². The molecule has 2 aromatic heterocycles. The lowest BCUT2D eigenvalue weighted by Crippen LogP contribution is -2.22. The molecule has 2 fully saturated rings. The molecule has 4 aliphatic rings. The highest BCUT2D eigenvalue weighted by molar-refractivity contribution is 6.13. The number of rotatable bonds is 8. The lowest BCUT2D eigenvalue weighted by Gasteiger charge is -2.29. The van der Waals surface area contributed by atoms with Crippen molar-refractivity contribution in [3.05, 3.63) is 311 Å². The van der Waals surface area contributed by atoms with E-state index in [1.807, 2.05) is 0 Å². The molecule has 13 aromatic carbocycles. The first-order valence-corrected chi connectivity index (χ1v) is 32.6. The van der Waals surface area contributed by atoms with E-state index in [-0.39, 0.29) is 10.8 Å². The molecule has 0 unspecified atom stereocenters. The zero-order valence-corrected chi connectivity index (χ0v) is 50.3. The van der Waals surface area contributed by atoms with E-state index < -0.39 is 0 Å². The first kappa shape index (κ1) is 51.5. The highest BCUT2D eigenvalue weighted by Gasteiger charge is 2.50. The monoisotopic (exact) mass is 1150 g/mol. The topological polar surface area (TPSA) is 9.86 Å². The first-order chi connectivity index (χ1) is 44.5. The van der Waals surface area contributed by atoms with Crippen LogP contribution in [0.4, 0.5) is 0 Å². The standard InChI is InChI=1S/C88H64N2/c1-3-19-67-63(15-1)17-13-25-81(67)89-83-23-7-5-21-71(83)75-53-65(41-45-85(75)89)61-37-31-57(32-38-61)27-29-59-35-43-69-73-55-80-74(56-79(73)87(77(69)51-59)47-9-10-48-87)70-44-36-60(52-78(70)88(80)49-11-12-50-88)30-28-58-33-39-62(40-34-58)66-42-46-86-76(54-66)72-22-6-8-24-84(72)90(86)82-26-14-18-64-16-2-4-20-68(64)82/h1-8,13-46,51-56H,9-12,47-50H2/b29-27+,30-28+. The molecule has 2 heterocycles. The zero-order chi connectivity index (χ0) is 59.1. The molecule has 19 rings (SSSR count). The van der Waals surface area contributed by atoms with E-state index in [0.29, 0.717) is 0 Å². The van der Waals surface area contributed by atoms with Crippen LogP contribution in [0.3, 0.4) is 0 Å². The van der Waals surface area contributed by atoms with Gasteiger partial charge in [0.25, 0.3) is 0 Å². The van der Waals surface area contributed by atoms with Gasteiger partial charge in [-0.05, 0) is 186 Å². The summed E-state index contributed by atoms with van der Waals surface area (Å²) < 4.78 is 4.88. The molecule has 0 amide bonds. The van der Waals surface area contributed by atoms with Gasteiger partial charge in [0.15, 0.2) is 0 Å². The Kier molecular flexibility index (Phi) is 11.4. The third kappa shape index (κ3) is 7.77. The Labute approximate surface area is 525 Å². The van der Waals surface area contributed by atoms with Crippen LogP contribution < -0.4 is 0 Å². The Hall–Kier alpha value is -10.5. The molecule has 0 saturated heterocycles. The highest BCUT2D eigenvalue weighted by atomic mass is 15.0. The van der Waals surface area contributed by atoms with Gasteiger partial charge in [0.1, 0.15) is 0 Å². The molecule has 2 nitrogen and oxygen atoms in total. The zero-order valence-electron chi connectivity index (χ0n) is 50.3. The fourth-order valence-electron chi connectivity index (χ4n) is 17.3. The van der Waals surface area contributed by atoms with Crippen molar-refractivity contribution in [3.63, 3.8) is 0 Å². The van der Waals surface area contributed by atoms with Gasteiger partial charge in [0.2, 0.25) is 0 Å². The van der Waals surface area contributed by atoms with Gasteiger partial charge in [-0.15, -0.1) is 0 Å². The summed E-state index contributed by atoms with van der Waals surface area (Å²) >= 11 is 0. The minimum absolute atomic E-state index is 0.0581. The quantitative estimate of drug-likeness (QED) is 0.134. The van der Waals surface area contributed by atoms with Crippen LogP contribution in [0.15, 0.2) is 267 Å². The minimum Gasteiger partial charge on any atom is -0.309 e. The van der Waals surface area contributed by atoms with Crippen LogP contribution in [0.2, 0.25) is 0 Å². The van der Waals surface area contributed by atoms with E-state index in [9.17, 15) is 0 Å². The molecule has 2 saturated carbocycles. The summed E-state index contributed by atoms with van der Waals surface area (Å²) in [6.45, 7) is 0. The molecule has 15 aromatic rings. The van der Waals surface area contributed by atoms with E-state index in [2.05, 4.69) is 300 Å². The molecule has 0 N–H and O–H groups in total. The Morgan fingerprint density at radius 1 is 0.244 bits per heavy atom. The van der Waals surface area contributed by atoms with Gasteiger partial charge >= 0.3 is 0 Å². The lowest BCUT2D eigenvalue weighted by molar-refractivity contribution is 0.543. The molecule has 0 radical (unpaired) electrons. The average molecular weight is 1150 g/mol. The van der Waals surface area contributed by atoms with Gasteiger partial charge in [0.05, 0.1) is 33.4 Å². The Balaban J connectivity index is 0.590. The summed E-state index contributed by atoms with van der Waals surface area (Å²) in [5, 5.41) is 10.1. The molecular weight excluding hydrogens is 1080 g/mol. The molecule has 0 bridgehead atoms. The number of para-hydroxylation sites is 2. The maximum Gasteiger partial charge on any atom is 0.0541 e. The summed E-state index contributed by atoms with van der Waals surface area (Å²) in [4.78, 5) is 0. The predicted molar refractivity (Wildman–Crippen MR) is 381 cm³/mol. The third-order valence-corrected chi connectivity index (χ3v) is 21.6. The van der Waals surface area contributed by atoms with Crippen LogP contribution >= 0.6 is 0 Å². The first-order valence-electron chi connectivity index (χ1n) is 32.6. The second-order valence-electron chi connectivity index (χ2n) is 26.2. The van der Waals surface area contributed by atoms with Gasteiger partial charge in [0, 0.05) is 43.1 Å². The second-order valence-corrected chi connectivity index (χ2v) is 26.2. The maximum atomic E-state index is 2.69. The molecular formula is C88H64N2. The summed E-state index contributed by atoms with van der Waals surface area (Å²) in [5.74, 6) is 0. The fourth-order valence-corrected chi connectivity index (χ4v) is 17.3. The molecule has 0 aliphatic heterocycles. The van der Waals surface area contributed by atoms with Gasteiger partial charge in [-0.3, -0.25) is 0 Å². The summed E-state index contributed by atoms with van der Waals surface area (Å²) in [6, 6.07) is 101. The van der Waals surface area contributed by atoms with Crippen LogP contribution in [0.5, 0.6) is 0 Å². The van der Waals surface area contributed by atoms with Crippen molar-refractivity contribution < 1.29 is 0 Å². The van der Waals surface area contributed by atoms with Crippen molar-refractivity contribution in [2.24, 2.45) is 0 Å². The van der Waals surface area contributed by atoms with E-state index in [1.165, 1.54) is 195 Å². The average Bonchev–Trinajstić information content (AvgIpc) is 1.56. The minimum atomic E-state index is 0.0581. The molecule has 2 spiro atoms. The van der Waals surface area contributed by atoms with Crippen LogP contribution in [-0.2, 0) is 10.8 Å². The summed E-state index contributed by atoms with van der Waals surface area (Å²) in [6.07, 6.45) is 19.2. The van der Waals surface area contributed by atoms with Crippen molar-refractivity contribution in [3.8, 4) is 55.9 Å². The summed E-state index contributed by atoms with van der Waals surface area (Å²) in [5.41, 5.74) is 29.5. The van der Waals surface area contributed by atoms with Gasteiger partial charge in [-0.25, -0.2) is 0 Å². The number of aromatic nitrogens is 2. The van der Waals surface area contributed by atoms with Crippen molar-refractivity contribution >= 4 is 89.5 Å². The van der Waals surface area contributed by atoms with Gasteiger partial charge < -0.3 is 9.13 Å². The number of benzene rings is 13. The maximum absolute atomic E-state index is 2.69. The van der Waals surface area contributed by atoms with E-state index in [0.717, 1.165) is 0 Å². The Morgan fingerprint density at radius 2 is 0.589 bits per heavy atom. The van der Waals surface area contributed by atoms with Gasteiger partial charge in [-0.1, -0.05) is 256 Å².